The lowest BCUT2D eigenvalue weighted by atomic mass is 9.97. The summed E-state index contributed by atoms with van der Waals surface area (Å²) < 4.78 is 11.1. The van der Waals surface area contributed by atoms with Gasteiger partial charge in [-0.15, -0.1) is 0 Å². The molecule has 0 aliphatic carbocycles. The van der Waals surface area contributed by atoms with Crippen molar-refractivity contribution in [1.82, 2.24) is 10.2 Å². The molecular formula is C44H59N5O7. The molecule has 1 unspecified atom stereocenters. The number of nitrogens with zero attached hydrogens (tertiary/aromatic N) is 1. The van der Waals surface area contributed by atoms with Gasteiger partial charge in [0.1, 0.15) is 6.04 Å². The van der Waals surface area contributed by atoms with Crippen LogP contribution in [0, 0.1) is 0 Å². The van der Waals surface area contributed by atoms with Crippen LogP contribution in [0.4, 0.5) is 17.1 Å². The molecule has 4 rings (SSSR count). The maximum Gasteiger partial charge on any atom is 0.256 e. The molecule has 12 nitrogen and oxygen atoms in total. The minimum absolute atomic E-state index is 0.183. The maximum absolute atomic E-state index is 13.7. The van der Waals surface area contributed by atoms with Gasteiger partial charge >= 0.3 is 0 Å². The molecule has 0 saturated carbocycles. The Balaban J connectivity index is 1.13. The highest BCUT2D eigenvalue weighted by molar-refractivity contribution is 6.08. The number of rotatable bonds is 24. The third-order valence-electron chi connectivity index (χ3n) is 9.84. The van der Waals surface area contributed by atoms with Gasteiger partial charge < -0.3 is 30.3 Å². The first-order chi connectivity index (χ1) is 27.1. The summed E-state index contributed by atoms with van der Waals surface area (Å²) in [6, 6.07) is 16.6. The Morgan fingerprint density at radius 2 is 1.57 bits per heavy atom. The standard InChI is InChI=1S/C44H59N5O7/c1-5-56-40-27-33(20-22-39(40)55-4)29-49(3)44(54)42-34(30-50)25-32(26-38(42)46-31(2)51)17-14-12-10-8-6-7-9-11-13-15-24-45-35-18-16-19-36(28-35)47-37-21-23-41(52)48-43(37)53/h16,18-20,22,25-28,30,37,45,47H,5-15,17,21,23-24,29H2,1-4H3,(H,46,51)(H,48,52,53). The Morgan fingerprint density at radius 1 is 0.875 bits per heavy atom. The van der Waals surface area contributed by atoms with Crippen LogP contribution < -0.4 is 30.7 Å². The first kappa shape index (κ1) is 43.3. The van der Waals surface area contributed by atoms with Crippen molar-refractivity contribution in [2.75, 3.05) is 43.3 Å². The Kier molecular flexibility index (Phi) is 17.7. The van der Waals surface area contributed by atoms with Crippen molar-refractivity contribution >= 4 is 47.0 Å². The van der Waals surface area contributed by atoms with Crippen LogP contribution in [-0.2, 0) is 27.3 Å². The van der Waals surface area contributed by atoms with Crippen LogP contribution >= 0.6 is 0 Å². The van der Waals surface area contributed by atoms with Crippen LogP contribution in [-0.4, -0.2) is 68.2 Å². The first-order valence-corrected chi connectivity index (χ1v) is 20.0. The van der Waals surface area contributed by atoms with Gasteiger partial charge in [-0.1, -0.05) is 63.5 Å². The fourth-order valence-corrected chi connectivity index (χ4v) is 6.97. The van der Waals surface area contributed by atoms with Crippen molar-refractivity contribution in [3.63, 3.8) is 0 Å². The van der Waals surface area contributed by atoms with Gasteiger partial charge in [0.15, 0.2) is 17.8 Å². The topological polar surface area (TPSA) is 155 Å². The third kappa shape index (κ3) is 13.7. The molecule has 0 spiro atoms. The van der Waals surface area contributed by atoms with E-state index in [0.29, 0.717) is 42.9 Å². The van der Waals surface area contributed by atoms with Crippen LogP contribution in [0.3, 0.4) is 0 Å². The second-order valence-electron chi connectivity index (χ2n) is 14.4. The number of carbonyl (C=O) groups excluding carboxylic acids is 5. The van der Waals surface area contributed by atoms with Crippen LogP contribution in [0.5, 0.6) is 11.5 Å². The van der Waals surface area contributed by atoms with E-state index in [1.807, 2.05) is 49.4 Å². The zero-order valence-corrected chi connectivity index (χ0v) is 33.5. The van der Waals surface area contributed by atoms with Crippen LogP contribution in [0.15, 0.2) is 54.6 Å². The monoisotopic (exact) mass is 769 g/mol. The number of hydrogen-bond donors (Lipinski definition) is 4. The minimum Gasteiger partial charge on any atom is -0.493 e. The lowest BCUT2D eigenvalue weighted by Gasteiger charge is -2.23. The second kappa shape index (κ2) is 22.9. The SMILES string of the molecule is CCOc1cc(CN(C)C(=O)c2c(C=O)cc(CCCCCCCCCCCCNc3cccc(NC4CCC(=O)NC4=O)c3)cc2NC(C)=O)ccc1OC. The molecule has 1 aliphatic rings. The predicted molar refractivity (Wildman–Crippen MR) is 221 cm³/mol. The molecular weight excluding hydrogens is 711 g/mol. The van der Waals surface area contributed by atoms with Gasteiger partial charge in [-0.25, -0.2) is 0 Å². The van der Waals surface area contributed by atoms with Crippen LogP contribution in [0.2, 0.25) is 0 Å². The summed E-state index contributed by atoms with van der Waals surface area (Å²) in [5, 5.41) is 11.9. The first-order valence-electron chi connectivity index (χ1n) is 20.0. The van der Waals surface area contributed by atoms with Crippen molar-refractivity contribution in [3.8, 4) is 11.5 Å². The largest absolute Gasteiger partial charge is 0.493 e. The van der Waals surface area contributed by atoms with E-state index in [1.165, 1.54) is 50.3 Å². The molecule has 1 aliphatic heterocycles. The van der Waals surface area contributed by atoms with Gasteiger partial charge in [0.05, 0.1) is 25.0 Å². The number of nitrogens with one attached hydrogen (secondary N) is 4. The highest BCUT2D eigenvalue weighted by Crippen LogP contribution is 2.30. The van der Waals surface area contributed by atoms with E-state index >= 15 is 0 Å². The molecule has 3 aromatic carbocycles. The van der Waals surface area contributed by atoms with Crippen LogP contribution in [0.1, 0.15) is 123 Å². The Bertz CT molecular complexity index is 1800. The van der Waals surface area contributed by atoms with E-state index < -0.39 is 6.04 Å². The van der Waals surface area contributed by atoms with E-state index in [-0.39, 0.29) is 41.3 Å². The zero-order chi connectivity index (χ0) is 40.3. The van der Waals surface area contributed by atoms with E-state index in [4.69, 9.17) is 9.47 Å². The van der Waals surface area contributed by atoms with Gasteiger partial charge in [-0.2, -0.15) is 0 Å². The summed E-state index contributed by atoms with van der Waals surface area (Å²) in [6.45, 7) is 4.91. The number of methoxy groups -OCH3 is 1. The summed E-state index contributed by atoms with van der Waals surface area (Å²) in [5.41, 5.74) is 4.41. The molecule has 0 aromatic heterocycles. The molecule has 1 saturated heterocycles. The summed E-state index contributed by atoms with van der Waals surface area (Å²) >= 11 is 0. The highest BCUT2D eigenvalue weighted by atomic mass is 16.5. The van der Waals surface area contributed by atoms with E-state index in [9.17, 15) is 24.0 Å². The number of benzene rings is 3. The molecule has 1 atom stereocenters. The average Bonchev–Trinajstić information content (AvgIpc) is 3.17. The maximum atomic E-state index is 13.7. The number of aryl methyl sites for hydroxylation is 1. The number of aldehydes is 1. The Labute approximate surface area is 331 Å². The van der Waals surface area contributed by atoms with Crippen molar-refractivity contribution in [1.29, 1.82) is 0 Å². The number of unbranched alkanes of at least 4 members (excludes halogenated alkanes) is 9. The molecule has 12 heteroatoms. The molecule has 3 aromatic rings. The van der Waals surface area contributed by atoms with Gasteiger partial charge in [-0.05, 0) is 86.2 Å². The minimum atomic E-state index is -0.393. The van der Waals surface area contributed by atoms with Gasteiger partial charge in [0, 0.05) is 50.4 Å². The van der Waals surface area contributed by atoms with E-state index in [0.717, 1.165) is 61.2 Å². The number of amides is 4. The average molecular weight is 770 g/mol. The second-order valence-corrected chi connectivity index (χ2v) is 14.4. The van der Waals surface area contributed by atoms with Crippen molar-refractivity contribution in [2.24, 2.45) is 0 Å². The number of hydrogen-bond acceptors (Lipinski definition) is 9. The van der Waals surface area contributed by atoms with Gasteiger partial charge in [0.2, 0.25) is 17.7 Å². The van der Waals surface area contributed by atoms with E-state index in [1.54, 1.807) is 26.3 Å². The lowest BCUT2D eigenvalue weighted by molar-refractivity contribution is -0.133. The number of piperidine rings is 1. The fraction of sp³-hybridized carbons (Fsp3) is 0.477. The van der Waals surface area contributed by atoms with Crippen molar-refractivity contribution in [3.05, 3.63) is 76.9 Å². The quantitative estimate of drug-likeness (QED) is 0.0404. The Hall–Kier alpha value is -5.39. The van der Waals surface area contributed by atoms with Crippen molar-refractivity contribution < 1.29 is 33.4 Å². The van der Waals surface area contributed by atoms with Crippen LogP contribution in [0.25, 0.3) is 0 Å². The Morgan fingerprint density at radius 3 is 2.23 bits per heavy atom. The summed E-state index contributed by atoms with van der Waals surface area (Å²) in [5.74, 6) is 0.0301. The zero-order valence-electron chi connectivity index (χ0n) is 33.5. The molecule has 1 fully saturated rings. The third-order valence-corrected chi connectivity index (χ3v) is 9.84. The normalized spacial score (nSPS) is 13.8. The van der Waals surface area contributed by atoms with E-state index in [2.05, 4.69) is 21.3 Å². The lowest BCUT2D eigenvalue weighted by Crippen LogP contribution is -2.47. The molecule has 302 valence electrons. The fourth-order valence-electron chi connectivity index (χ4n) is 6.97. The van der Waals surface area contributed by atoms with Crippen molar-refractivity contribution in [2.45, 2.75) is 110 Å². The summed E-state index contributed by atoms with van der Waals surface area (Å²) in [7, 11) is 3.24. The number of anilines is 3. The predicted octanol–water partition coefficient (Wildman–Crippen LogP) is 7.91. The molecule has 1 heterocycles. The van der Waals surface area contributed by atoms with Gasteiger partial charge in [0.25, 0.3) is 5.91 Å². The molecule has 4 amide bonds. The van der Waals surface area contributed by atoms with Gasteiger partial charge in [-0.3, -0.25) is 29.3 Å². The summed E-state index contributed by atoms with van der Waals surface area (Å²) in [4.78, 5) is 63.1. The number of imide groups is 1. The smallest absolute Gasteiger partial charge is 0.256 e. The molecule has 0 bridgehead atoms. The molecule has 56 heavy (non-hydrogen) atoms. The molecule has 4 N–H and O–H groups in total. The number of carbonyl (C=O) groups is 5. The highest BCUT2D eigenvalue weighted by Gasteiger charge is 2.26. The summed E-state index contributed by atoms with van der Waals surface area (Å²) in [6.07, 6.45) is 13.7. The number of ether oxygens (including phenoxy) is 2. The molecule has 0 radical (unpaired) electrons.